The Bertz CT molecular complexity index is 187. The number of hydrogen-bond donors (Lipinski definition) is 1. The van der Waals surface area contributed by atoms with E-state index in [0.717, 1.165) is 31.9 Å². The zero-order valence-corrected chi connectivity index (χ0v) is 9.89. The van der Waals surface area contributed by atoms with Gasteiger partial charge in [0.15, 0.2) is 0 Å². The predicted octanol–water partition coefficient (Wildman–Crippen LogP) is 0.426. The van der Waals surface area contributed by atoms with E-state index in [0.29, 0.717) is 5.92 Å². The lowest BCUT2D eigenvalue weighted by atomic mass is 10.0. The van der Waals surface area contributed by atoms with E-state index in [-0.39, 0.29) is 0 Å². The lowest BCUT2D eigenvalue weighted by Gasteiger charge is -2.19. The maximum atomic E-state index is 11.0. The Hall–Kier alpha value is 0.0700. The minimum Gasteiger partial charge on any atom is -0.330 e. The Morgan fingerprint density at radius 2 is 2.21 bits per heavy atom. The van der Waals surface area contributed by atoms with E-state index in [1.165, 1.54) is 19.3 Å². The van der Waals surface area contributed by atoms with Crippen LogP contribution in [-0.2, 0) is 10.8 Å². The topological polar surface area (TPSA) is 46.3 Å². The van der Waals surface area contributed by atoms with Gasteiger partial charge in [-0.05, 0) is 44.8 Å². The first kappa shape index (κ1) is 12.1. The summed E-state index contributed by atoms with van der Waals surface area (Å²) < 4.78 is 11.0. The standard InChI is InChI=1S/C10H22N2OS/c1-14(13)8-7-12-5-2-3-10(9-11)4-6-12/h10H,2-9,11H2,1H3. The van der Waals surface area contributed by atoms with Crippen molar-refractivity contribution in [2.45, 2.75) is 19.3 Å². The fraction of sp³-hybridized carbons (Fsp3) is 1.00. The quantitative estimate of drug-likeness (QED) is 0.744. The van der Waals surface area contributed by atoms with Gasteiger partial charge in [-0.1, -0.05) is 0 Å². The van der Waals surface area contributed by atoms with Gasteiger partial charge in [-0.3, -0.25) is 4.21 Å². The van der Waals surface area contributed by atoms with Gasteiger partial charge in [-0.15, -0.1) is 0 Å². The van der Waals surface area contributed by atoms with Crippen molar-refractivity contribution in [3.8, 4) is 0 Å². The van der Waals surface area contributed by atoms with E-state index >= 15 is 0 Å². The van der Waals surface area contributed by atoms with E-state index in [9.17, 15) is 4.21 Å². The van der Waals surface area contributed by atoms with Crippen molar-refractivity contribution in [3.05, 3.63) is 0 Å². The van der Waals surface area contributed by atoms with E-state index in [1.54, 1.807) is 6.26 Å². The van der Waals surface area contributed by atoms with Crippen molar-refractivity contribution in [1.29, 1.82) is 0 Å². The van der Waals surface area contributed by atoms with E-state index < -0.39 is 10.8 Å². The van der Waals surface area contributed by atoms with Crippen molar-refractivity contribution in [2.24, 2.45) is 11.7 Å². The van der Waals surface area contributed by atoms with Gasteiger partial charge in [-0.25, -0.2) is 0 Å². The fourth-order valence-electron chi connectivity index (χ4n) is 1.94. The molecular weight excluding hydrogens is 196 g/mol. The third kappa shape index (κ3) is 4.53. The molecule has 0 aromatic rings. The van der Waals surface area contributed by atoms with Gasteiger partial charge < -0.3 is 10.6 Å². The molecule has 0 saturated carbocycles. The number of rotatable bonds is 4. The predicted molar refractivity (Wildman–Crippen MR) is 61.8 cm³/mol. The van der Waals surface area contributed by atoms with E-state index in [4.69, 9.17) is 5.73 Å². The highest BCUT2D eigenvalue weighted by molar-refractivity contribution is 7.84. The molecule has 1 saturated heterocycles. The first-order valence-corrected chi connectivity index (χ1v) is 7.17. The molecule has 1 aliphatic heterocycles. The van der Waals surface area contributed by atoms with Crippen LogP contribution in [0.5, 0.6) is 0 Å². The summed E-state index contributed by atoms with van der Waals surface area (Å²) in [5.41, 5.74) is 5.67. The first-order valence-electron chi connectivity index (χ1n) is 5.45. The normalized spacial score (nSPS) is 27.1. The molecule has 0 aromatic heterocycles. The summed E-state index contributed by atoms with van der Waals surface area (Å²) in [7, 11) is -0.650. The molecule has 4 heteroatoms. The van der Waals surface area contributed by atoms with Gasteiger partial charge in [-0.2, -0.15) is 0 Å². The molecule has 3 nitrogen and oxygen atoms in total. The summed E-state index contributed by atoms with van der Waals surface area (Å²) in [5, 5.41) is 0. The van der Waals surface area contributed by atoms with Crippen molar-refractivity contribution >= 4 is 10.8 Å². The van der Waals surface area contributed by atoms with Crippen molar-refractivity contribution < 1.29 is 4.21 Å². The van der Waals surface area contributed by atoms with Gasteiger partial charge in [0.25, 0.3) is 0 Å². The molecule has 0 aliphatic carbocycles. The lowest BCUT2D eigenvalue weighted by Crippen LogP contribution is -2.29. The van der Waals surface area contributed by atoms with Crippen LogP contribution in [0.3, 0.4) is 0 Å². The van der Waals surface area contributed by atoms with Crippen LogP contribution in [0.2, 0.25) is 0 Å². The van der Waals surface area contributed by atoms with Gasteiger partial charge in [0.05, 0.1) is 0 Å². The minimum absolute atomic E-state index is 0.650. The molecule has 1 fully saturated rings. The minimum atomic E-state index is -0.650. The summed E-state index contributed by atoms with van der Waals surface area (Å²) in [4.78, 5) is 2.43. The highest BCUT2D eigenvalue weighted by atomic mass is 32.2. The SMILES string of the molecule is CS(=O)CCN1CCCC(CN)CC1. The van der Waals surface area contributed by atoms with Crippen LogP contribution in [0.25, 0.3) is 0 Å². The number of likely N-dealkylation sites (tertiary alicyclic amines) is 1. The van der Waals surface area contributed by atoms with Gasteiger partial charge >= 0.3 is 0 Å². The number of nitrogens with two attached hydrogens (primary N) is 1. The second-order valence-electron chi connectivity index (χ2n) is 4.15. The molecule has 2 unspecified atom stereocenters. The molecular formula is C10H22N2OS. The van der Waals surface area contributed by atoms with Crippen LogP contribution >= 0.6 is 0 Å². The van der Waals surface area contributed by atoms with Gasteiger partial charge in [0.2, 0.25) is 0 Å². The largest absolute Gasteiger partial charge is 0.330 e. The molecule has 2 N–H and O–H groups in total. The Balaban J connectivity index is 2.23. The molecule has 0 aromatic carbocycles. The average molecular weight is 218 g/mol. The first-order chi connectivity index (χ1) is 6.72. The second kappa shape index (κ2) is 6.53. The molecule has 84 valence electrons. The van der Waals surface area contributed by atoms with E-state index in [2.05, 4.69) is 4.90 Å². The van der Waals surface area contributed by atoms with Crippen LogP contribution < -0.4 is 5.73 Å². The van der Waals surface area contributed by atoms with Crippen LogP contribution in [0, 0.1) is 5.92 Å². The monoisotopic (exact) mass is 218 g/mol. The maximum absolute atomic E-state index is 11.0. The molecule has 0 bridgehead atoms. The lowest BCUT2D eigenvalue weighted by molar-refractivity contribution is 0.298. The average Bonchev–Trinajstić information content (AvgIpc) is 2.39. The summed E-state index contributed by atoms with van der Waals surface area (Å²) >= 11 is 0. The summed E-state index contributed by atoms with van der Waals surface area (Å²) in [6.07, 6.45) is 5.51. The third-order valence-corrected chi connectivity index (χ3v) is 3.73. The molecule has 1 aliphatic rings. The maximum Gasteiger partial charge on any atom is 0.0359 e. The van der Waals surface area contributed by atoms with Crippen LogP contribution in [0.15, 0.2) is 0 Å². The van der Waals surface area contributed by atoms with Crippen LogP contribution in [0.4, 0.5) is 0 Å². The Morgan fingerprint density at radius 1 is 1.43 bits per heavy atom. The number of hydrogen-bond acceptors (Lipinski definition) is 3. The molecule has 14 heavy (non-hydrogen) atoms. The second-order valence-corrected chi connectivity index (χ2v) is 5.71. The smallest absolute Gasteiger partial charge is 0.0359 e. The highest BCUT2D eigenvalue weighted by Crippen LogP contribution is 2.15. The highest BCUT2D eigenvalue weighted by Gasteiger charge is 2.15. The summed E-state index contributed by atoms with van der Waals surface area (Å²) in [6, 6.07) is 0. The summed E-state index contributed by atoms with van der Waals surface area (Å²) in [5.74, 6) is 1.53. The Kier molecular flexibility index (Phi) is 5.67. The van der Waals surface area contributed by atoms with Gasteiger partial charge in [0, 0.05) is 29.4 Å². The molecule has 1 heterocycles. The fourth-order valence-corrected chi connectivity index (χ4v) is 2.46. The van der Waals surface area contributed by atoms with Crippen molar-refractivity contribution in [1.82, 2.24) is 4.90 Å². The van der Waals surface area contributed by atoms with Gasteiger partial charge in [0.1, 0.15) is 0 Å². The molecule has 1 rings (SSSR count). The molecule has 0 amide bonds. The Labute approximate surface area is 89.5 Å². The molecule has 0 radical (unpaired) electrons. The molecule has 2 atom stereocenters. The zero-order chi connectivity index (χ0) is 10.4. The van der Waals surface area contributed by atoms with E-state index in [1.807, 2.05) is 0 Å². The number of nitrogens with zero attached hydrogens (tertiary/aromatic N) is 1. The third-order valence-electron chi connectivity index (χ3n) is 2.97. The Morgan fingerprint density at radius 3 is 2.86 bits per heavy atom. The van der Waals surface area contributed by atoms with Crippen molar-refractivity contribution in [3.63, 3.8) is 0 Å². The van der Waals surface area contributed by atoms with Crippen LogP contribution in [-0.4, -0.2) is 47.3 Å². The zero-order valence-electron chi connectivity index (χ0n) is 9.08. The van der Waals surface area contributed by atoms with Crippen molar-refractivity contribution in [2.75, 3.05) is 38.2 Å². The van der Waals surface area contributed by atoms with Crippen LogP contribution in [0.1, 0.15) is 19.3 Å². The molecule has 0 spiro atoms. The summed E-state index contributed by atoms with van der Waals surface area (Å²) in [6.45, 7) is 4.11.